The van der Waals surface area contributed by atoms with E-state index in [2.05, 4.69) is 0 Å². The number of hydrogen-bond acceptors (Lipinski definition) is 5. The maximum Gasteiger partial charge on any atom is 1.00 e. The van der Waals surface area contributed by atoms with Gasteiger partial charge in [0, 0.05) is 13.2 Å². The van der Waals surface area contributed by atoms with Crippen LogP contribution >= 0.6 is 7.82 Å². The molecule has 64 valence electrons. The van der Waals surface area contributed by atoms with Crippen molar-refractivity contribution in [3.8, 4) is 0 Å². The van der Waals surface area contributed by atoms with Crippen molar-refractivity contribution in [3.63, 3.8) is 0 Å². The Bertz CT molecular complexity index is 92.4. The second-order valence-electron chi connectivity index (χ2n) is 1.23. The van der Waals surface area contributed by atoms with Crippen LogP contribution in [-0.2, 0) is 9.30 Å². The standard InChI is InChI=1S/C4H10O.K.H3O4P/c1-3-5-4-2;;1-5(2,3)4/h3-4H2,1-2H3;;(H3,1,2,3,4)/q;+1;/p-3. The maximum absolute atomic E-state index is 8.55. The van der Waals surface area contributed by atoms with Gasteiger partial charge in [-0.1, -0.05) is 0 Å². The summed E-state index contributed by atoms with van der Waals surface area (Å²) in [5, 5.41) is 0. The van der Waals surface area contributed by atoms with Gasteiger partial charge in [-0.25, -0.2) is 0 Å². The van der Waals surface area contributed by atoms with Crippen LogP contribution in [0.4, 0.5) is 0 Å². The molecule has 0 unspecified atom stereocenters. The first-order valence-corrected chi connectivity index (χ1v) is 4.18. The topological polar surface area (TPSA) is 95.5 Å². The molecule has 0 aromatic rings. The third-order valence-electron chi connectivity index (χ3n) is 0.408. The van der Waals surface area contributed by atoms with Crippen LogP contribution in [-0.4, -0.2) is 13.2 Å². The molecule has 0 aromatic carbocycles. The van der Waals surface area contributed by atoms with Crippen LogP contribution in [0.5, 0.6) is 0 Å². The van der Waals surface area contributed by atoms with Gasteiger partial charge in [0.1, 0.15) is 0 Å². The van der Waals surface area contributed by atoms with Crippen molar-refractivity contribution in [1.29, 1.82) is 0 Å². The molecule has 0 aromatic heterocycles. The largest absolute Gasteiger partial charge is 1.00 e. The van der Waals surface area contributed by atoms with Crippen LogP contribution in [0.15, 0.2) is 0 Å². The third kappa shape index (κ3) is 80.3. The summed E-state index contributed by atoms with van der Waals surface area (Å²) >= 11 is 0. The summed E-state index contributed by atoms with van der Waals surface area (Å²) in [7, 11) is -5.39. The van der Waals surface area contributed by atoms with Crippen molar-refractivity contribution < 1.29 is 75.4 Å². The zero-order valence-corrected chi connectivity index (χ0v) is 10.9. The first-order chi connectivity index (χ1) is 4.41. The Hall–Kier alpha value is 1.71. The Labute approximate surface area is 109 Å². The Kier molecular flexibility index (Phi) is 19.7. The summed E-state index contributed by atoms with van der Waals surface area (Å²) < 4.78 is 13.4. The second kappa shape index (κ2) is 11.7. The molecule has 0 fully saturated rings. The van der Waals surface area contributed by atoms with Crippen molar-refractivity contribution in [2.45, 2.75) is 13.8 Å². The van der Waals surface area contributed by atoms with Crippen LogP contribution in [0.25, 0.3) is 0 Å². The van der Waals surface area contributed by atoms with Gasteiger partial charge in [-0.15, -0.1) is 0 Å². The Balaban J connectivity index is -0.000000107. The van der Waals surface area contributed by atoms with Gasteiger partial charge in [0.2, 0.25) is 0 Å². The molecular weight excluding hydrogens is 198 g/mol. The minimum absolute atomic E-state index is 0. The minimum atomic E-state index is -5.39. The molecule has 0 aliphatic heterocycles. The first-order valence-electron chi connectivity index (χ1n) is 2.72. The van der Waals surface area contributed by atoms with E-state index in [9.17, 15) is 0 Å². The van der Waals surface area contributed by atoms with Gasteiger partial charge in [0.15, 0.2) is 0 Å². The molecule has 0 amide bonds. The van der Waals surface area contributed by atoms with Gasteiger partial charge in [-0.2, -0.15) is 7.82 Å². The molecule has 0 spiro atoms. The van der Waals surface area contributed by atoms with Crippen LogP contribution in [0, 0.1) is 0 Å². The van der Waals surface area contributed by atoms with Gasteiger partial charge in [0.25, 0.3) is 0 Å². The molecule has 0 heterocycles. The van der Waals surface area contributed by atoms with E-state index in [1.165, 1.54) is 0 Å². The Morgan fingerprint density at radius 2 is 1.36 bits per heavy atom. The van der Waals surface area contributed by atoms with Gasteiger partial charge < -0.3 is 24.0 Å². The van der Waals surface area contributed by atoms with E-state index in [1.807, 2.05) is 13.8 Å². The summed E-state index contributed by atoms with van der Waals surface area (Å²) in [5.41, 5.74) is 0. The van der Waals surface area contributed by atoms with E-state index in [4.69, 9.17) is 24.0 Å². The van der Waals surface area contributed by atoms with Gasteiger partial charge >= 0.3 is 51.4 Å². The van der Waals surface area contributed by atoms with E-state index in [0.717, 1.165) is 13.2 Å². The molecule has 0 aliphatic rings. The van der Waals surface area contributed by atoms with E-state index >= 15 is 0 Å². The van der Waals surface area contributed by atoms with Crippen LogP contribution in [0.1, 0.15) is 13.8 Å². The van der Waals surface area contributed by atoms with Crippen molar-refractivity contribution in [2.75, 3.05) is 13.2 Å². The molecule has 5 nitrogen and oxygen atoms in total. The first kappa shape index (κ1) is 18.5. The molecule has 7 heteroatoms. The molecule has 0 N–H and O–H groups in total. The SMILES string of the molecule is CCOCC.O=P([O-])([O-])[O-].[K+]. The Morgan fingerprint density at radius 3 is 1.36 bits per heavy atom. The fourth-order valence-electron chi connectivity index (χ4n) is 0.204. The van der Waals surface area contributed by atoms with Crippen molar-refractivity contribution in [2.24, 2.45) is 0 Å². The molecule has 0 saturated carbocycles. The predicted octanol–water partition coefficient (Wildman–Crippen LogP) is -4.78. The van der Waals surface area contributed by atoms with Gasteiger partial charge in [-0.05, 0) is 13.8 Å². The van der Waals surface area contributed by atoms with Gasteiger partial charge in [0.05, 0.1) is 0 Å². The summed E-state index contributed by atoms with van der Waals surface area (Å²) in [6, 6.07) is 0. The summed E-state index contributed by atoms with van der Waals surface area (Å²) in [5.74, 6) is 0. The average Bonchev–Trinajstić information content (AvgIpc) is 1.63. The monoisotopic (exact) mass is 208 g/mol. The summed E-state index contributed by atoms with van der Waals surface area (Å²) in [6.45, 7) is 5.67. The van der Waals surface area contributed by atoms with Crippen LogP contribution in [0.2, 0.25) is 0 Å². The maximum atomic E-state index is 8.55. The van der Waals surface area contributed by atoms with Crippen LogP contribution in [0.3, 0.4) is 0 Å². The molecule has 0 saturated heterocycles. The zero-order valence-electron chi connectivity index (χ0n) is 6.90. The predicted molar refractivity (Wildman–Crippen MR) is 29.8 cm³/mol. The number of ether oxygens (including phenoxy) is 1. The smallest absolute Gasteiger partial charge is 0.822 e. The van der Waals surface area contributed by atoms with Crippen molar-refractivity contribution >= 4 is 7.82 Å². The minimum Gasteiger partial charge on any atom is -0.822 e. The zero-order chi connectivity index (χ0) is 8.62. The molecule has 0 radical (unpaired) electrons. The van der Waals surface area contributed by atoms with E-state index < -0.39 is 7.82 Å². The van der Waals surface area contributed by atoms with E-state index in [1.54, 1.807) is 0 Å². The van der Waals surface area contributed by atoms with Crippen molar-refractivity contribution in [1.82, 2.24) is 0 Å². The molecule has 0 rings (SSSR count). The fraction of sp³-hybridized carbons (Fsp3) is 1.00. The van der Waals surface area contributed by atoms with Crippen LogP contribution < -0.4 is 66.1 Å². The Morgan fingerprint density at radius 1 is 1.18 bits per heavy atom. The summed E-state index contributed by atoms with van der Waals surface area (Å²) in [6.07, 6.45) is 0. The second-order valence-corrected chi connectivity index (χ2v) is 2.12. The third-order valence-corrected chi connectivity index (χ3v) is 0.408. The number of phosphoric acid groups is 1. The molecule has 0 bridgehead atoms. The number of rotatable bonds is 2. The van der Waals surface area contributed by atoms with E-state index in [0.29, 0.717) is 0 Å². The number of hydrogen-bond donors (Lipinski definition) is 0. The van der Waals surface area contributed by atoms with E-state index in [-0.39, 0.29) is 51.4 Å². The molecule has 0 aliphatic carbocycles. The molecular formula is C4H10KO5P-2. The van der Waals surface area contributed by atoms with Gasteiger partial charge in [-0.3, -0.25) is 0 Å². The summed E-state index contributed by atoms with van der Waals surface area (Å²) in [4.78, 5) is 25.6. The fourth-order valence-corrected chi connectivity index (χ4v) is 0.204. The average molecular weight is 208 g/mol. The van der Waals surface area contributed by atoms with Crippen molar-refractivity contribution in [3.05, 3.63) is 0 Å². The quantitative estimate of drug-likeness (QED) is 0.335. The molecule has 0 atom stereocenters. The normalized spacial score (nSPS) is 9.18. The molecule has 11 heavy (non-hydrogen) atoms.